The van der Waals surface area contributed by atoms with Gasteiger partial charge in [0, 0.05) is 0 Å². The molecule has 0 aromatic rings. The van der Waals surface area contributed by atoms with Crippen LogP contribution in [-0.4, -0.2) is 117 Å². The van der Waals surface area contributed by atoms with Crippen molar-refractivity contribution in [3.63, 3.8) is 0 Å². The van der Waals surface area contributed by atoms with Crippen molar-refractivity contribution >= 4 is 89.5 Å². The second-order valence-electron chi connectivity index (χ2n) is 0.796. The molecule has 9 N–H and O–H groups in total. The standard InChI is InChI=1S/CH2O3.2Ca.H3O4P.2H2O.4H/c2-1(3)4;;;1-5(2,3)4;;;;;;/h(H2,2,3,4);;;(H3,1,2,3,4);2*1H2;;;;. The maximum atomic E-state index is 8.88. The number of hydrogen-bond acceptors (Lipinski definition) is 2. The van der Waals surface area contributed by atoms with Crippen LogP contribution in [0.3, 0.4) is 0 Å². The maximum absolute atomic E-state index is 8.88. The Labute approximate surface area is 133 Å². The molecule has 0 aliphatic carbocycles. The van der Waals surface area contributed by atoms with Crippen LogP contribution in [0.15, 0.2) is 0 Å². The number of rotatable bonds is 0. The molecule has 13 heavy (non-hydrogen) atoms. The van der Waals surface area contributed by atoms with E-state index in [0.717, 1.165) is 0 Å². The number of carbonyl (C=O) groups is 1. The van der Waals surface area contributed by atoms with Crippen molar-refractivity contribution in [3.05, 3.63) is 0 Å². The predicted molar refractivity (Wildman–Crippen MR) is 49.2 cm³/mol. The van der Waals surface area contributed by atoms with Crippen LogP contribution in [-0.2, 0) is 4.57 Å². The van der Waals surface area contributed by atoms with Crippen LogP contribution in [0.1, 0.15) is 0 Å². The molecule has 0 fully saturated rings. The van der Waals surface area contributed by atoms with E-state index >= 15 is 0 Å². The summed E-state index contributed by atoms with van der Waals surface area (Å²) in [6.07, 6.45) is -1.83. The van der Waals surface area contributed by atoms with Gasteiger partial charge in [0.2, 0.25) is 0 Å². The summed E-state index contributed by atoms with van der Waals surface area (Å²) in [5.41, 5.74) is 0. The molecule has 0 heterocycles. The second-order valence-corrected chi connectivity index (χ2v) is 1.82. The van der Waals surface area contributed by atoms with E-state index in [9.17, 15) is 0 Å². The monoisotopic (exact) mass is 280 g/mol. The van der Waals surface area contributed by atoms with E-state index in [0.29, 0.717) is 0 Å². The van der Waals surface area contributed by atoms with E-state index in [4.69, 9.17) is 34.3 Å². The van der Waals surface area contributed by atoms with Gasteiger partial charge in [0.1, 0.15) is 0 Å². The van der Waals surface area contributed by atoms with Crippen molar-refractivity contribution in [1.29, 1.82) is 0 Å². The predicted octanol–water partition coefficient (Wildman–Crippen LogP) is -4.19. The van der Waals surface area contributed by atoms with Crippen LogP contribution in [0, 0.1) is 0 Å². The SMILES string of the molecule is O.O.O=C(O)O.O=P(O)(O)O.[CaH2].[CaH2]. The molecular weight excluding hydrogens is 267 g/mol. The molecule has 12 heteroatoms. The van der Waals surface area contributed by atoms with Gasteiger partial charge in [-0.2, -0.15) is 0 Å². The molecule has 0 amide bonds. The molecule has 0 atom stereocenters. The minimum atomic E-state index is -4.64. The van der Waals surface area contributed by atoms with E-state index in [-0.39, 0.29) is 86.4 Å². The Kier molecular flexibility index (Phi) is 54.3. The number of phosphoric acid groups is 1. The molecule has 0 bridgehead atoms. The van der Waals surface area contributed by atoms with Gasteiger partial charge in [-0.05, 0) is 0 Å². The topological polar surface area (TPSA) is 198 Å². The Morgan fingerprint density at radius 2 is 0.923 bits per heavy atom. The first-order valence-corrected chi connectivity index (χ1v) is 3.00. The van der Waals surface area contributed by atoms with Crippen LogP contribution in [0.25, 0.3) is 0 Å². The summed E-state index contributed by atoms with van der Waals surface area (Å²) in [5, 5.41) is 13.9. The number of hydrogen-bond donors (Lipinski definition) is 5. The third-order valence-corrected chi connectivity index (χ3v) is 0. The molecular formula is CH13Ca2O9P. The molecule has 0 rings (SSSR count). The fourth-order valence-corrected chi connectivity index (χ4v) is 0. The molecule has 0 saturated heterocycles. The Morgan fingerprint density at radius 3 is 0.923 bits per heavy atom. The van der Waals surface area contributed by atoms with Gasteiger partial charge < -0.3 is 35.8 Å². The van der Waals surface area contributed by atoms with Gasteiger partial charge in [0.05, 0.1) is 0 Å². The van der Waals surface area contributed by atoms with E-state index < -0.39 is 14.0 Å². The van der Waals surface area contributed by atoms with Crippen LogP contribution >= 0.6 is 7.82 Å². The Balaban J connectivity index is -0.0000000146. The zero-order valence-electron chi connectivity index (χ0n) is 5.00. The average molecular weight is 280 g/mol. The van der Waals surface area contributed by atoms with Crippen molar-refractivity contribution in [2.24, 2.45) is 0 Å². The molecule has 0 saturated carbocycles. The van der Waals surface area contributed by atoms with Gasteiger partial charge in [-0.1, -0.05) is 0 Å². The Hall–Kier alpha value is 1.82. The zero-order valence-corrected chi connectivity index (χ0v) is 5.89. The number of carboxylic acid groups (broad SMARTS) is 2. The van der Waals surface area contributed by atoms with Gasteiger partial charge in [-0.3, -0.25) is 0 Å². The van der Waals surface area contributed by atoms with Gasteiger partial charge in [-0.15, -0.1) is 0 Å². The van der Waals surface area contributed by atoms with Crippen LogP contribution in [0.2, 0.25) is 0 Å². The summed E-state index contributed by atoms with van der Waals surface area (Å²) in [5.74, 6) is 0. The molecule has 0 aromatic heterocycles. The third kappa shape index (κ3) is 583. The molecule has 0 unspecified atom stereocenters. The quantitative estimate of drug-likeness (QED) is 0.219. The summed E-state index contributed by atoms with van der Waals surface area (Å²) in [6, 6.07) is 0. The van der Waals surface area contributed by atoms with Crippen molar-refractivity contribution in [2.45, 2.75) is 0 Å². The first-order valence-electron chi connectivity index (χ1n) is 1.43. The Bertz CT molecular complexity index is 117. The van der Waals surface area contributed by atoms with E-state index in [1.54, 1.807) is 0 Å². The van der Waals surface area contributed by atoms with Gasteiger partial charge in [-0.25, -0.2) is 9.36 Å². The van der Waals surface area contributed by atoms with E-state index in [1.165, 1.54) is 0 Å². The first-order chi connectivity index (χ1) is 3.73. The summed E-state index contributed by atoms with van der Waals surface area (Å²) in [6.45, 7) is 0. The molecule has 0 aliphatic rings. The minimum absolute atomic E-state index is 0. The molecule has 0 aromatic carbocycles. The normalized spacial score (nSPS) is 6.38. The summed E-state index contributed by atoms with van der Waals surface area (Å²) >= 11 is 0. The van der Waals surface area contributed by atoms with E-state index in [2.05, 4.69) is 0 Å². The van der Waals surface area contributed by atoms with Crippen molar-refractivity contribution in [3.8, 4) is 0 Å². The Morgan fingerprint density at radius 1 is 0.923 bits per heavy atom. The second kappa shape index (κ2) is 19.4. The van der Waals surface area contributed by atoms with Crippen molar-refractivity contribution < 1.29 is 45.2 Å². The fourth-order valence-electron chi connectivity index (χ4n) is 0. The van der Waals surface area contributed by atoms with Crippen LogP contribution < -0.4 is 0 Å². The van der Waals surface area contributed by atoms with Crippen molar-refractivity contribution in [1.82, 2.24) is 0 Å². The zero-order chi connectivity index (χ0) is 8.08. The van der Waals surface area contributed by atoms with Gasteiger partial charge in [0.15, 0.2) is 0 Å². The van der Waals surface area contributed by atoms with Crippen molar-refractivity contribution in [2.75, 3.05) is 0 Å². The summed E-state index contributed by atoms with van der Waals surface area (Å²) < 4.78 is 8.88. The molecule has 9 nitrogen and oxygen atoms in total. The fraction of sp³-hybridized carbons (Fsp3) is 0. The first kappa shape index (κ1) is 36.4. The third-order valence-electron chi connectivity index (χ3n) is 0. The van der Waals surface area contributed by atoms with Gasteiger partial charge in [0.25, 0.3) is 0 Å². The average Bonchev–Trinajstić information content (AvgIpc) is 1.19. The summed E-state index contributed by atoms with van der Waals surface area (Å²) in [4.78, 5) is 30.1. The molecule has 0 radical (unpaired) electrons. The van der Waals surface area contributed by atoms with E-state index in [1.807, 2.05) is 0 Å². The molecule has 80 valence electrons. The van der Waals surface area contributed by atoms with Gasteiger partial charge >= 0.3 is 89.5 Å². The van der Waals surface area contributed by atoms with Crippen LogP contribution in [0.5, 0.6) is 0 Å². The summed E-state index contributed by atoms with van der Waals surface area (Å²) in [7, 11) is -4.64. The van der Waals surface area contributed by atoms with Crippen LogP contribution in [0.4, 0.5) is 4.79 Å². The molecule has 0 aliphatic heterocycles. The molecule has 0 spiro atoms.